The van der Waals surface area contributed by atoms with Gasteiger partial charge >= 0.3 is 12.1 Å². The molecule has 19 heavy (non-hydrogen) atoms. The molecule has 3 atom stereocenters. The highest BCUT2D eigenvalue weighted by atomic mass is 16.6. The van der Waals surface area contributed by atoms with Crippen molar-refractivity contribution >= 4 is 12.1 Å². The summed E-state index contributed by atoms with van der Waals surface area (Å²) in [5.41, 5.74) is -2.00. The van der Waals surface area contributed by atoms with Crippen molar-refractivity contribution in [3.8, 4) is 0 Å². The van der Waals surface area contributed by atoms with E-state index in [-0.39, 0.29) is 12.5 Å². The molecule has 0 bridgehead atoms. The highest BCUT2D eigenvalue weighted by Crippen LogP contribution is 2.34. The molecule has 0 radical (unpaired) electrons. The Bertz CT molecular complexity index is 376. The molecule has 0 spiro atoms. The number of nitrogens with zero attached hydrogens (tertiary/aromatic N) is 1. The van der Waals surface area contributed by atoms with E-state index in [1.807, 2.05) is 0 Å². The van der Waals surface area contributed by atoms with Crippen LogP contribution in [0.4, 0.5) is 4.79 Å². The Morgan fingerprint density at radius 3 is 2.32 bits per heavy atom. The maximum Gasteiger partial charge on any atom is 0.410 e. The second-order valence-electron chi connectivity index (χ2n) is 6.51. The van der Waals surface area contributed by atoms with Crippen molar-refractivity contribution in [3.63, 3.8) is 0 Å². The molecule has 1 fully saturated rings. The number of carboxylic acid groups (broad SMARTS) is 1. The number of likely N-dealkylation sites (tertiary alicyclic amines) is 1. The molecule has 0 aliphatic carbocycles. The van der Waals surface area contributed by atoms with Crippen LogP contribution in [0.3, 0.4) is 0 Å². The van der Waals surface area contributed by atoms with E-state index in [0.717, 1.165) is 0 Å². The zero-order chi connectivity index (χ0) is 15.0. The Labute approximate surface area is 113 Å². The number of carbonyl (C=O) groups is 2. The standard InChI is InChI=1S/C13H23NO5/c1-8-6-14(11(18)19-12(2,3)4)7-13(5,9(8)15)10(16)17/h8-9,15H,6-7H2,1-5H3,(H,16,17)/t8-,9-,13-/m1/s1. The first-order chi connectivity index (χ1) is 8.47. The van der Waals surface area contributed by atoms with Gasteiger partial charge in [-0.1, -0.05) is 6.92 Å². The topological polar surface area (TPSA) is 87.1 Å². The molecular formula is C13H23NO5. The van der Waals surface area contributed by atoms with Crippen molar-refractivity contribution in [1.29, 1.82) is 0 Å². The summed E-state index contributed by atoms with van der Waals surface area (Å²) in [4.78, 5) is 24.7. The minimum Gasteiger partial charge on any atom is -0.481 e. The Morgan fingerprint density at radius 1 is 1.37 bits per heavy atom. The number of carbonyl (C=O) groups excluding carboxylic acids is 1. The SMILES string of the molecule is C[C@@H]1CN(C(=O)OC(C)(C)C)C[C@@](C)(C(=O)O)[C@@H]1O. The van der Waals surface area contributed by atoms with Gasteiger partial charge in [0.15, 0.2) is 0 Å². The third-order valence-corrected chi connectivity index (χ3v) is 3.36. The summed E-state index contributed by atoms with van der Waals surface area (Å²) in [6.45, 7) is 8.67. The van der Waals surface area contributed by atoms with Crippen molar-refractivity contribution in [2.24, 2.45) is 11.3 Å². The molecule has 6 heteroatoms. The van der Waals surface area contributed by atoms with Gasteiger partial charge in [-0.05, 0) is 27.7 Å². The Morgan fingerprint density at radius 2 is 1.89 bits per heavy atom. The van der Waals surface area contributed by atoms with Crippen molar-refractivity contribution in [3.05, 3.63) is 0 Å². The molecular weight excluding hydrogens is 250 g/mol. The number of piperidine rings is 1. The van der Waals surface area contributed by atoms with Gasteiger partial charge in [-0.3, -0.25) is 4.79 Å². The molecule has 1 rings (SSSR count). The molecule has 2 N–H and O–H groups in total. The van der Waals surface area contributed by atoms with Crippen molar-refractivity contribution in [2.75, 3.05) is 13.1 Å². The molecule has 1 heterocycles. The van der Waals surface area contributed by atoms with Crippen LogP contribution in [0.1, 0.15) is 34.6 Å². The van der Waals surface area contributed by atoms with Gasteiger partial charge in [-0.25, -0.2) is 4.79 Å². The number of hydrogen-bond donors (Lipinski definition) is 2. The van der Waals surface area contributed by atoms with Crippen molar-refractivity contribution < 1.29 is 24.5 Å². The molecule has 0 saturated carbocycles. The van der Waals surface area contributed by atoms with Crippen LogP contribution in [0.15, 0.2) is 0 Å². The van der Waals surface area contributed by atoms with Gasteiger partial charge in [0.1, 0.15) is 11.0 Å². The lowest BCUT2D eigenvalue weighted by atomic mass is 9.75. The van der Waals surface area contributed by atoms with Crippen LogP contribution in [0.2, 0.25) is 0 Å². The lowest BCUT2D eigenvalue weighted by Crippen LogP contribution is -2.59. The van der Waals surface area contributed by atoms with E-state index in [9.17, 15) is 19.8 Å². The van der Waals surface area contributed by atoms with E-state index in [2.05, 4.69) is 0 Å². The van der Waals surface area contributed by atoms with Crippen LogP contribution >= 0.6 is 0 Å². The molecule has 0 aromatic carbocycles. The van der Waals surface area contributed by atoms with E-state index in [1.165, 1.54) is 11.8 Å². The van der Waals surface area contributed by atoms with Crippen LogP contribution in [0, 0.1) is 11.3 Å². The number of ether oxygens (including phenoxy) is 1. The van der Waals surface area contributed by atoms with Crippen LogP contribution in [0.25, 0.3) is 0 Å². The summed E-state index contributed by atoms with van der Waals surface area (Å²) in [6, 6.07) is 0. The summed E-state index contributed by atoms with van der Waals surface area (Å²) in [6.07, 6.45) is -1.53. The fraction of sp³-hybridized carbons (Fsp3) is 0.846. The average molecular weight is 273 g/mol. The minimum absolute atomic E-state index is 0.0528. The van der Waals surface area contributed by atoms with Gasteiger partial charge in [-0.15, -0.1) is 0 Å². The van der Waals surface area contributed by atoms with Crippen molar-refractivity contribution in [1.82, 2.24) is 4.90 Å². The zero-order valence-corrected chi connectivity index (χ0v) is 12.1. The monoisotopic (exact) mass is 273 g/mol. The Kier molecular flexibility index (Phi) is 4.14. The summed E-state index contributed by atoms with van der Waals surface area (Å²) < 4.78 is 5.25. The minimum atomic E-state index is -1.37. The predicted octanol–water partition coefficient (Wildman–Crippen LogP) is 1.32. The molecule has 6 nitrogen and oxygen atoms in total. The van der Waals surface area contributed by atoms with Crippen molar-refractivity contribution in [2.45, 2.75) is 46.3 Å². The van der Waals surface area contributed by atoms with E-state index >= 15 is 0 Å². The number of carboxylic acids is 1. The molecule has 1 aliphatic rings. The maximum atomic E-state index is 12.0. The quantitative estimate of drug-likeness (QED) is 0.752. The second-order valence-corrected chi connectivity index (χ2v) is 6.51. The van der Waals surface area contributed by atoms with Crippen LogP contribution in [-0.4, -0.2) is 52.0 Å². The lowest BCUT2D eigenvalue weighted by Gasteiger charge is -2.44. The maximum absolute atomic E-state index is 12.0. The number of aliphatic hydroxyl groups is 1. The molecule has 1 amide bonds. The summed E-state index contributed by atoms with van der Waals surface area (Å²) >= 11 is 0. The van der Waals surface area contributed by atoms with E-state index in [4.69, 9.17) is 4.74 Å². The van der Waals surface area contributed by atoms with Gasteiger partial charge in [0.25, 0.3) is 0 Å². The van der Waals surface area contributed by atoms with Gasteiger partial charge in [0.05, 0.1) is 6.10 Å². The van der Waals surface area contributed by atoms with E-state index in [0.29, 0.717) is 6.54 Å². The summed E-state index contributed by atoms with van der Waals surface area (Å²) in [5, 5.41) is 19.3. The second kappa shape index (κ2) is 5.00. The van der Waals surface area contributed by atoms with Gasteiger partial charge in [0.2, 0.25) is 0 Å². The lowest BCUT2D eigenvalue weighted by molar-refractivity contribution is -0.164. The first-order valence-electron chi connectivity index (χ1n) is 6.37. The number of aliphatic hydroxyl groups excluding tert-OH is 1. The Hall–Kier alpha value is -1.30. The largest absolute Gasteiger partial charge is 0.481 e. The van der Waals surface area contributed by atoms with E-state index < -0.39 is 29.2 Å². The van der Waals surface area contributed by atoms with Crippen LogP contribution < -0.4 is 0 Å². The molecule has 0 unspecified atom stereocenters. The number of aliphatic carboxylic acids is 1. The Balaban J connectivity index is 2.89. The number of amides is 1. The molecule has 0 aromatic rings. The van der Waals surface area contributed by atoms with Gasteiger partial charge in [0, 0.05) is 19.0 Å². The predicted molar refractivity (Wildman–Crippen MR) is 68.7 cm³/mol. The number of rotatable bonds is 1. The first-order valence-corrected chi connectivity index (χ1v) is 6.37. The third kappa shape index (κ3) is 3.37. The van der Waals surface area contributed by atoms with Crippen LogP contribution in [0.5, 0.6) is 0 Å². The normalized spacial score (nSPS) is 32.0. The first kappa shape index (κ1) is 15.8. The van der Waals surface area contributed by atoms with Crippen LogP contribution in [-0.2, 0) is 9.53 Å². The highest BCUT2D eigenvalue weighted by Gasteiger charge is 2.50. The fourth-order valence-corrected chi connectivity index (χ4v) is 2.29. The smallest absolute Gasteiger partial charge is 0.410 e. The molecule has 1 aliphatic heterocycles. The van der Waals surface area contributed by atoms with Gasteiger partial charge < -0.3 is 19.8 Å². The zero-order valence-electron chi connectivity index (χ0n) is 12.1. The van der Waals surface area contributed by atoms with E-state index in [1.54, 1.807) is 27.7 Å². The number of hydrogen-bond acceptors (Lipinski definition) is 4. The molecule has 0 aromatic heterocycles. The molecule has 110 valence electrons. The fourth-order valence-electron chi connectivity index (χ4n) is 2.29. The van der Waals surface area contributed by atoms with Gasteiger partial charge in [-0.2, -0.15) is 0 Å². The average Bonchev–Trinajstić information content (AvgIpc) is 2.22. The summed E-state index contributed by atoms with van der Waals surface area (Å²) in [7, 11) is 0. The highest BCUT2D eigenvalue weighted by molar-refractivity contribution is 5.77. The summed E-state index contributed by atoms with van der Waals surface area (Å²) in [5.74, 6) is -1.43. The third-order valence-electron chi connectivity index (χ3n) is 3.36. The molecule has 1 saturated heterocycles.